The molecule has 2 rings (SSSR count). The summed E-state index contributed by atoms with van der Waals surface area (Å²) < 4.78 is 0. The lowest BCUT2D eigenvalue weighted by Crippen LogP contribution is -2.55. The van der Waals surface area contributed by atoms with Gasteiger partial charge in [-0.05, 0) is 43.7 Å². The molecule has 3 nitrogen and oxygen atoms in total. The van der Waals surface area contributed by atoms with Crippen LogP contribution in [0.5, 0.6) is 0 Å². The number of likely N-dealkylation sites (tertiary alicyclic amines) is 1. The summed E-state index contributed by atoms with van der Waals surface area (Å²) in [7, 11) is 3.92. The van der Waals surface area contributed by atoms with Crippen molar-refractivity contribution in [3.8, 4) is 0 Å². The van der Waals surface area contributed by atoms with Crippen molar-refractivity contribution in [2.45, 2.75) is 33.6 Å². The highest BCUT2D eigenvalue weighted by Crippen LogP contribution is 2.58. The van der Waals surface area contributed by atoms with Gasteiger partial charge in [0.05, 0.1) is 6.54 Å². The second-order valence-corrected chi connectivity index (χ2v) is 7.03. The molecule has 98 valence electrons. The molecule has 2 atom stereocenters. The number of nitrogens with zero attached hydrogens (tertiary/aromatic N) is 2. The summed E-state index contributed by atoms with van der Waals surface area (Å²) in [5.74, 6) is 0.982. The molecule has 0 radical (unpaired) electrons. The standard InChI is InChI=1S/C14H26N2O/c1-13(2)11-6-7-14(13,3)10-16(8-11)12(17)9-15(4)5/h11H,6-10H2,1-5H3. The Bertz CT molecular complexity index is 324. The molecule has 0 aromatic carbocycles. The number of rotatable bonds is 2. The first-order chi connectivity index (χ1) is 7.76. The second-order valence-electron chi connectivity index (χ2n) is 7.03. The maximum atomic E-state index is 12.2. The average molecular weight is 238 g/mol. The Morgan fingerprint density at radius 2 is 2.00 bits per heavy atom. The molecule has 1 heterocycles. The number of amides is 1. The molecule has 3 heteroatoms. The fourth-order valence-corrected chi connectivity index (χ4v) is 3.58. The third-order valence-electron chi connectivity index (χ3n) is 5.41. The fraction of sp³-hybridized carbons (Fsp3) is 0.929. The van der Waals surface area contributed by atoms with E-state index in [2.05, 4.69) is 25.7 Å². The number of carbonyl (C=O) groups is 1. The maximum Gasteiger partial charge on any atom is 0.236 e. The van der Waals surface area contributed by atoms with Crippen LogP contribution in [0, 0.1) is 16.7 Å². The zero-order valence-electron chi connectivity index (χ0n) is 11.9. The molecule has 1 aliphatic heterocycles. The third-order valence-corrected chi connectivity index (χ3v) is 5.41. The predicted octanol–water partition coefficient (Wildman–Crippen LogP) is 1.83. The van der Waals surface area contributed by atoms with Gasteiger partial charge in [-0.3, -0.25) is 4.79 Å². The minimum atomic E-state index is 0.295. The van der Waals surface area contributed by atoms with E-state index in [4.69, 9.17) is 0 Å². The largest absolute Gasteiger partial charge is 0.341 e. The third kappa shape index (κ3) is 1.99. The molecule has 1 saturated heterocycles. The number of likely N-dealkylation sites (N-methyl/N-ethyl adjacent to an activating group) is 1. The fourth-order valence-electron chi connectivity index (χ4n) is 3.58. The number of carbonyl (C=O) groups excluding carboxylic acids is 1. The molecule has 1 saturated carbocycles. The summed E-state index contributed by atoms with van der Waals surface area (Å²) in [6.45, 7) is 9.60. The van der Waals surface area contributed by atoms with Gasteiger partial charge in [-0.2, -0.15) is 0 Å². The molecule has 0 N–H and O–H groups in total. The number of piperidine rings is 1. The maximum absolute atomic E-state index is 12.2. The van der Waals surface area contributed by atoms with Crippen LogP contribution in [0.1, 0.15) is 33.6 Å². The van der Waals surface area contributed by atoms with Crippen LogP contribution in [0.15, 0.2) is 0 Å². The topological polar surface area (TPSA) is 23.6 Å². The first-order valence-corrected chi connectivity index (χ1v) is 6.69. The molecule has 0 spiro atoms. The van der Waals surface area contributed by atoms with E-state index >= 15 is 0 Å². The van der Waals surface area contributed by atoms with Crippen molar-refractivity contribution >= 4 is 5.91 Å². The summed E-state index contributed by atoms with van der Waals surface area (Å²) in [5, 5.41) is 0. The monoisotopic (exact) mass is 238 g/mol. The highest BCUT2D eigenvalue weighted by molar-refractivity contribution is 5.78. The van der Waals surface area contributed by atoms with Gasteiger partial charge >= 0.3 is 0 Å². The number of fused-ring (bicyclic) bond motifs is 2. The lowest BCUT2D eigenvalue weighted by atomic mass is 9.63. The van der Waals surface area contributed by atoms with Crippen molar-refractivity contribution in [1.29, 1.82) is 0 Å². The van der Waals surface area contributed by atoms with E-state index in [1.807, 2.05) is 19.0 Å². The van der Waals surface area contributed by atoms with Gasteiger partial charge in [0.1, 0.15) is 0 Å². The van der Waals surface area contributed by atoms with Crippen LogP contribution in [0.25, 0.3) is 0 Å². The van der Waals surface area contributed by atoms with E-state index in [1.54, 1.807) is 0 Å². The Labute approximate surface area is 105 Å². The molecule has 2 aliphatic rings. The molecule has 17 heavy (non-hydrogen) atoms. The summed E-state index contributed by atoms with van der Waals surface area (Å²) >= 11 is 0. The average Bonchev–Trinajstić information content (AvgIpc) is 2.38. The van der Waals surface area contributed by atoms with Gasteiger partial charge in [0.25, 0.3) is 0 Å². The van der Waals surface area contributed by atoms with Gasteiger partial charge in [-0.15, -0.1) is 0 Å². The van der Waals surface area contributed by atoms with E-state index in [-0.39, 0.29) is 0 Å². The summed E-state index contributed by atoms with van der Waals surface area (Å²) in [6, 6.07) is 0. The Kier molecular flexibility index (Phi) is 3.01. The van der Waals surface area contributed by atoms with Crippen molar-refractivity contribution in [2.75, 3.05) is 33.7 Å². The second kappa shape index (κ2) is 3.98. The van der Waals surface area contributed by atoms with Crippen LogP contribution in [0.3, 0.4) is 0 Å². The van der Waals surface area contributed by atoms with Crippen LogP contribution >= 0.6 is 0 Å². The van der Waals surface area contributed by atoms with Crippen molar-refractivity contribution in [1.82, 2.24) is 9.80 Å². The Hall–Kier alpha value is -0.570. The molecule has 2 fully saturated rings. The normalized spacial score (nSPS) is 35.4. The van der Waals surface area contributed by atoms with E-state index in [0.29, 0.717) is 29.2 Å². The highest BCUT2D eigenvalue weighted by atomic mass is 16.2. The molecule has 2 bridgehead atoms. The van der Waals surface area contributed by atoms with Crippen LogP contribution in [0.4, 0.5) is 0 Å². The summed E-state index contributed by atoms with van der Waals surface area (Å²) in [5.41, 5.74) is 0.708. The molecule has 0 aromatic rings. The zero-order valence-corrected chi connectivity index (χ0v) is 11.9. The van der Waals surface area contributed by atoms with Gasteiger partial charge in [-0.25, -0.2) is 0 Å². The quantitative estimate of drug-likeness (QED) is 0.733. The number of hydrogen-bond acceptors (Lipinski definition) is 2. The van der Waals surface area contributed by atoms with Gasteiger partial charge in [-0.1, -0.05) is 20.8 Å². The van der Waals surface area contributed by atoms with Crippen LogP contribution in [-0.4, -0.2) is 49.4 Å². The Balaban J connectivity index is 2.10. The first kappa shape index (κ1) is 12.9. The van der Waals surface area contributed by atoms with E-state index < -0.39 is 0 Å². The van der Waals surface area contributed by atoms with E-state index in [0.717, 1.165) is 13.1 Å². The first-order valence-electron chi connectivity index (χ1n) is 6.69. The molecule has 2 unspecified atom stereocenters. The Morgan fingerprint density at radius 1 is 1.35 bits per heavy atom. The zero-order chi connectivity index (χ0) is 12.8. The van der Waals surface area contributed by atoms with Crippen LogP contribution in [0.2, 0.25) is 0 Å². The van der Waals surface area contributed by atoms with Gasteiger partial charge < -0.3 is 9.80 Å². The molecular weight excluding hydrogens is 212 g/mol. The summed E-state index contributed by atoms with van der Waals surface area (Å²) in [4.78, 5) is 16.2. The highest BCUT2D eigenvalue weighted by Gasteiger charge is 2.55. The Morgan fingerprint density at radius 3 is 2.53 bits per heavy atom. The van der Waals surface area contributed by atoms with Crippen LogP contribution in [-0.2, 0) is 4.79 Å². The minimum absolute atomic E-state index is 0.295. The van der Waals surface area contributed by atoms with Crippen molar-refractivity contribution < 1.29 is 4.79 Å². The lowest BCUT2D eigenvalue weighted by molar-refractivity contribution is -0.139. The molecule has 0 aromatic heterocycles. The SMILES string of the molecule is CN(C)CC(=O)N1CC2CCC(C)(C1)C2(C)C. The van der Waals surface area contributed by atoms with Gasteiger partial charge in [0.2, 0.25) is 5.91 Å². The van der Waals surface area contributed by atoms with E-state index in [1.165, 1.54) is 12.8 Å². The minimum Gasteiger partial charge on any atom is -0.341 e. The van der Waals surface area contributed by atoms with Gasteiger partial charge in [0.15, 0.2) is 0 Å². The van der Waals surface area contributed by atoms with Gasteiger partial charge in [0, 0.05) is 13.1 Å². The molecule has 1 aliphatic carbocycles. The predicted molar refractivity (Wildman–Crippen MR) is 69.7 cm³/mol. The molecule has 1 amide bonds. The van der Waals surface area contributed by atoms with Crippen molar-refractivity contribution in [3.63, 3.8) is 0 Å². The lowest BCUT2D eigenvalue weighted by Gasteiger charge is -2.50. The molecular formula is C14H26N2O. The van der Waals surface area contributed by atoms with E-state index in [9.17, 15) is 4.79 Å². The van der Waals surface area contributed by atoms with Crippen LogP contribution < -0.4 is 0 Å². The summed E-state index contributed by atoms with van der Waals surface area (Å²) in [6.07, 6.45) is 2.56. The van der Waals surface area contributed by atoms with Crippen molar-refractivity contribution in [3.05, 3.63) is 0 Å². The number of hydrogen-bond donors (Lipinski definition) is 0. The smallest absolute Gasteiger partial charge is 0.236 e. The van der Waals surface area contributed by atoms with Crippen molar-refractivity contribution in [2.24, 2.45) is 16.7 Å².